The molecule has 0 saturated heterocycles. The van der Waals surface area contributed by atoms with E-state index in [1.54, 1.807) is 0 Å². The molecular formula is C12H26O6. The molecule has 0 bridgehead atoms. The second kappa shape index (κ2) is 11.4. The van der Waals surface area contributed by atoms with E-state index in [2.05, 4.69) is 6.92 Å². The maximum Gasteiger partial charge on any atom is 0.303 e. The molecular weight excluding hydrogens is 240 g/mol. The highest BCUT2D eigenvalue weighted by Gasteiger charge is 2.27. The maximum absolute atomic E-state index is 10.0. The molecule has 18 heavy (non-hydrogen) atoms. The number of carboxylic acids is 1. The molecule has 5 N–H and O–H groups in total. The summed E-state index contributed by atoms with van der Waals surface area (Å²) in [6, 6.07) is 0. The van der Waals surface area contributed by atoms with Gasteiger partial charge in [-0.25, -0.2) is 0 Å². The van der Waals surface area contributed by atoms with Gasteiger partial charge in [0.2, 0.25) is 0 Å². The highest BCUT2D eigenvalue weighted by atomic mass is 16.7. The minimum atomic E-state index is -2.94. The molecule has 0 radical (unpaired) electrons. The number of carbonyl (C=O) groups is 1. The van der Waals surface area contributed by atoms with Crippen LogP contribution >= 0.6 is 0 Å². The summed E-state index contributed by atoms with van der Waals surface area (Å²) in [5.41, 5.74) is 0. The van der Waals surface area contributed by atoms with Gasteiger partial charge < -0.3 is 25.5 Å². The fourth-order valence-electron chi connectivity index (χ4n) is 1.15. The first-order valence-electron chi connectivity index (χ1n) is 6.32. The summed E-state index contributed by atoms with van der Waals surface area (Å²) in [6.07, 6.45) is 4.50. The number of aliphatic hydroxyl groups excluding tert-OH is 1. The van der Waals surface area contributed by atoms with Crippen molar-refractivity contribution < 1.29 is 30.3 Å². The van der Waals surface area contributed by atoms with Crippen LogP contribution in [0.25, 0.3) is 0 Å². The predicted octanol–water partition coefficient (Wildman–Crippen LogP) is 0.819. The summed E-state index contributed by atoms with van der Waals surface area (Å²) in [5.74, 6) is -3.61. The lowest BCUT2D eigenvalue weighted by atomic mass is 10.1. The third-order valence-electron chi connectivity index (χ3n) is 2.33. The Kier molecular flexibility index (Phi) is 12.4. The molecule has 0 heterocycles. The van der Waals surface area contributed by atoms with Crippen molar-refractivity contribution in [1.29, 1.82) is 0 Å². The number of rotatable bonds is 8. The molecule has 0 amide bonds. The van der Waals surface area contributed by atoms with E-state index in [0.29, 0.717) is 6.42 Å². The van der Waals surface area contributed by atoms with E-state index in [-0.39, 0.29) is 6.42 Å². The topological polar surface area (TPSA) is 118 Å². The normalized spacial score (nSPS) is 12.6. The van der Waals surface area contributed by atoms with Gasteiger partial charge in [-0.3, -0.25) is 4.79 Å². The van der Waals surface area contributed by atoms with Gasteiger partial charge >= 0.3 is 11.9 Å². The van der Waals surface area contributed by atoms with Crippen LogP contribution in [-0.2, 0) is 4.79 Å². The molecule has 0 spiro atoms. The minimum absolute atomic E-state index is 0.101. The van der Waals surface area contributed by atoms with Crippen LogP contribution in [0, 0.1) is 0 Å². The standard InChI is InChI=1S/C8H16O2.C4H10O4/c1-2-3-4-5-6-7-8(9)10;1-2-3(5)4(6,7)8/h2-7H2,1H3,(H,9,10);3,5-8H,2H2,1H3. The molecule has 110 valence electrons. The molecule has 0 aromatic heterocycles. The zero-order valence-corrected chi connectivity index (χ0v) is 11.2. The summed E-state index contributed by atoms with van der Waals surface area (Å²) >= 11 is 0. The molecule has 0 fully saturated rings. The Balaban J connectivity index is 0. The van der Waals surface area contributed by atoms with Gasteiger partial charge in [-0.1, -0.05) is 39.5 Å². The van der Waals surface area contributed by atoms with Crippen LogP contribution in [-0.4, -0.2) is 43.6 Å². The molecule has 0 aromatic rings. The monoisotopic (exact) mass is 266 g/mol. The lowest BCUT2D eigenvalue weighted by Crippen LogP contribution is -2.41. The van der Waals surface area contributed by atoms with E-state index in [4.69, 9.17) is 25.5 Å². The van der Waals surface area contributed by atoms with Crippen molar-refractivity contribution in [2.24, 2.45) is 0 Å². The van der Waals surface area contributed by atoms with Crippen molar-refractivity contribution in [3.05, 3.63) is 0 Å². The Morgan fingerprint density at radius 2 is 1.56 bits per heavy atom. The van der Waals surface area contributed by atoms with Crippen LogP contribution in [0.15, 0.2) is 0 Å². The molecule has 0 rings (SSSR count). The highest BCUT2D eigenvalue weighted by Crippen LogP contribution is 2.04. The molecule has 1 atom stereocenters. The number of aliphatic carboxylic acids is 1. The molecule has 0 aromatic carbocycles. The number of unbranched alkanes of at least 4 members (excludes halogenated alkanes) is 4. The van der Waals surface area contributed by atoms with Gasteiger partial charge in [0.1, 0.15) is 6.10 Å². The number of hydrogen-bond acceptors (Lipinski definition) is 5. The molecule has 1 unspecified atom stereocenters. The van der Waals surface area contributed by atoms with E-state index < -0.39 is 18.0 Å². The summed E-state index contributed by atoms with van der Waals surface area (Å²) in [7, 11) is 0. The van der Waals surface area contributed by atoms with Gasteiger partial charge in [-0.05, 0) is 12.8 Å². The Morgan fingerprint density at radius 3 is 1.83 bits per heavy atom. The zero-order chi connectivity index (χ0) is 14.6. The summed E-state index contributed by atoms with van der Waals surface area (Å²) < 4.78 is 0. The van der Waals surface area contributed by atoms with Crippen molar-refractivity contribution >= 4 is 5.97 Å². The maximum atomic E-state index is 10.0. The molecule has 0 aliphatic heterocycles. The van der Waals surface area contributed by atoms with Crippen molar-refractivity contribution in [3.63, 3.8) is 0 Å². The Bertz CT molecular complexity index is 199. The lowest BCUT2D eigenvalue weighted by Gasteiger charge is -2.18. The van der Waals surface area contributed by atoms with Crippen molar-refractivity contribution in [1.82, 2.24) is 0 Å². The SMILES string of the molecule is CCC(O)C(O)(O)O.CCCCCCCC(=O)O. The van der Waals surface area contributed by atoms with Crippen LogP contribution in [0.2, 0.25) is 0 Å². The van der Waals surface area contributed by atoms with E-state index in [1.807, 2.05) is 0 Å². The molecule has 0 aliphatic rings. The van der Waals surface area contributed by atoms with Crippen LogP contribution in [0.1, 0.15) is 58.8 Å². The van der Waals surface area contributed by atoms with Gasteiger partial charge in [0.25, 0.3) is 0 Å². The second-order valence-electron chi connectivity index (χ2n) is 4.17. The van der Waals surface area contributed by atoms with Gasteiger partial charge in [0.15, 0.2) is 0 Å². The van der Waals surface area contributed by atoms with E-state index in [0.717, 1.165) is 12.8 Å². The number of carboxylic acid groups (broad SMARTS) is 1. The van der Waals surface area contributed by atoms with Gasteiger partial charge in [0, 0.05) is 6.42 Å². The van der Waals surface area contributed by atoms with Crippen molar-refractivity contribution in [3.8, 4) is 0 Å². The number of hydrogen-bond donors (Lipinski definition) is 5. The van der Waals surface area contributed by atoms with E-state index >= 15 is 0 Å². The average Bonchev–Trinajstić information content (AvgIpc) is 2.27. The van der Waals surface area contributed by atoms with Crippen molar-refractivity contribution in [2.45, 2.75) is 70.9 Å². The largest absolute Gasteiger partial charge is 0.481 e. The van der Waals surface area contributed by atoms with Crippen LogP contribution in [0.3, 0.4) is 0 Å². The fraction of sp³-hybridized carbons (Fsp3) is 0.917. The summed E-state index contributed by atoms with van der Waals surface area (Å²) in [4.78, 5) is 10.0. The third kappa shape index (κ3) is 15.3. The zero-order valence-electron chi connectivity index (χ0n) is 11.2. The summed E-state index contributed by atoms with van der Waals surface area (Å²) in [6.45, 7) is 3.67. The minimum Gasteiger partial charge on any atom is -0.481 e. The van der Waals surface area contributed by atoms with E-state index in [9.17, 15) is 4.79 Å². The first kappa shape index (κ1) is 19.6. The first-order valence-corrected chi connectivity index (χ1v) is 6.32. The summed E-state index contributed by atoms with van der Waals surface area (Å²) in [5, 5.41) is 41.2. The van der Waals surface area contributed by atoms with Crippen molar-refractivity contribution in [2.75, 3.05) is 0 Å². The fourth-order valence-corrected chi connectivity index (χ4v) is 1.15. The van der Waals surface area contributed by atoms with Gasteiger partial charge in [-0.2, -0.15) is 0 Å². The molecule has 0 saturated carbocycles. The Hall–Kier alpha value is -0.690. The lowest BCUT2D eigenvalue weighted by molar-refractivity contribution is -0.354. The highest BCUT2D eigenvalue weighted by molar-refractivity contribution is 5.66. The Morgan fingerprint density at radius 1 is 1.06 bits per heavy atom. The van der Waals surface area contributed by atoms with E-state index in [1.165, 1.54) is 26.2 Å². The number of aliphatic hydroxyl groups is 4. The average molecular weight is 266 g/mol. The van der Waals surface area contributed by atoms with Crippen LogP contribution in [0.5, 0.6) is 0 Å². The van der Waals surface area contributed by atoms with Gasteiger partial charge in [-0.15, -0.1) is 0 Å². The predicted molar refractivity (Wildman–Crippen MR) is 66.7 cm³/mol. The molecule has 6 nitrogen and oxygen atoms in total. The molecule has 0 aliphatic carbocycles. The van der Waals surface area contributed by atoms with Crippen LogP contribution in [0.4, 0.5) is 0 Å². The molecule has 6 heteroatoms. The smallest absolute Gasteiger partial charge is 0.303 e. The quantitative estimate of drug-likeness (QED) is 0.328. The van der Waals surface area contributed by atoms with Crippen LogP contribution < -0.4 is 0 Å². The van der Waals surface area contributed by atoms with Gasteiger partial charge in [0.05, 0.1) is 0 Å². The second-order valence-corrected chi connectivity index (χ2v) is 4.17. The Labute approximate surface area is 108 Å². The first-order chi connectivity index (χ1) is 8.25. The third-order valence-corrected chi connectivity index (χ3v) is 2.33.